The Labute approximate surface area is 114 Å². The molecule has 0 bridgehead atoms. The van der Waals surface area contributed by atoms with Crippen molar-refractivity contribution in [2.24, 2.45) is 5.92 Å². The maximum atomic E-state index is 11.9. The number of carbonyl (C=O) groups is 3. The number of ether oxygens (including phenoxy) is 2. The highest BCUT2D eigenvalue weighted by Crippen LogP contribution is 2.18. The minimum absolute atomic E-state index is 0.0784. The fourth-order valence-electron chi connectivity index (χ4n) is 1.57. The van der Waals surface area contributed by atoms with Crippen LogP contribution in [0.25, 0.3) is 0 Å². The SMILES string of the molecule is CCC/C=C(/C(=O)OCC)C(C(C)=O)C(=O)OCC. The van der Waals surface area contributed by atoms with Gasteiger partial charge < -0.3 is 9.47 Å². The summed E-state index contributed by atoms with van der Waals surface area (Å²) in [4.78, 5) is 35.3. The third-order valence-corrected chi connectivity index (χ3v) is 2.40. The Morgan fingerprint density at radius 2 is 1.63 bits per heavy atom. The van der Waals surface area contributed by atoms with Gasteiger partial charge in [-0.05, 0) is 27.2 Å². The average Bonchev–Trinajstić information content (AvgIpc) is 2.34. The molecule has 0 aromatic rings. The van der Waals surface area contributed by atoms with E-state index in [1.54, 1.807) is 19.9 Å². The Kier molecular flexibility index (Phi) is 8.49. The first kappa shape index (κ1) is 17.4. The molecular weight excluding hydrogens is 248 g/mol. The molecule has 19 heavy (non-hydrogen) atoms. The third-order valence-electron chi connectivity index (χ3n) is 2.40. The lowest BCUT2D eigenvalue weighted by Gasteiger charge is -2.15. The van der Waals surface area contributed by atoms with Crippen LogP contribution in [0.4, 0.5) is 0 Å². The Hall–Kier alpha value is -1.65. The molecular formula is C14H22O5. The summed E-state index contributed by atoms with van der Waals surface area (Å²) in [5.41, 5.74) is 0.0784. The van der Waals surface area contributed by atoms with Crippen LogP contribution in [0.15, 0.2) is 11.6 Å². The van der Waals surface area contributed by atoms with E-state index in [1.807, 2.05) is 6.92 Å². The summed E-state index contributed by atoms with van der Waals surface area (Å²) >= 11 is 0. The summed E-state index contributed by atoms with van der Waals surface area (Å²) < 4.78 is 9.74. The minimum atomic E-state index is -1.19. The van der Waals surface area contributed by atoms with Crippen LogP contribution in [0.3, 0.4) is 0 Å². The number of ketones is 1. The second kappa shape index (κ2) is 9.30. The second-order valence-electron chi connectivity index (χ2n) is 3.96. The smallest absolute Gasteiger partial charge is 0.335 e. The fourth-order valence-corrected chi connectivity index (χ4v) is 1.57. The molecule has 0 saturated heterocycles. The van der Waals surface area contributed by atoms with Crippen LogP contribution in [0.2, 0.25) is 0 Å². The lowest BCUT2D eigenvalue weighted by molar-refractivity contribution is -0.152. The molecule has 0 spiro atoms. The van der Waals surface area contributed by atoms with E-state index in [-0.39, 0.29) is 18.8 Å². The van der Waals surface area contributed by atoms with E-state index in [0.717, 1.165) is 6.42 Å². The molecule has 0 rings (SSSR count). The van der Waals surface area contributed by atoms with Gasteiger partial charge in [0.2, 0.25) is 0 Å². The van der Waals surface area contributed by atoms with E-state index >= 15 is 0 Å². The molecule has 0 aromatic heterocycles. The first-order valence-electron chi connectivity index (χ1n) is 6.53. The fraction of sp³-hybridized carbons (Fsp3) is 0.643. The normalized spacial score (nSPS) is 12.7. The summed E-state index contributed by atoms with van der Waals surface area (Å²) in [5, 5.41) is 0. The van der Waals surface area contributed by atoms with Gasteiger partial charge in [0.05, 0.1) is 18.8 Å². The Morgan fingerprint density at radius 3 is 2.05 bits per heavy atom. The largest absolute Gasteiger partial charge is 0.465 e. The van der Waals surface area contributed by atoms with E-state index in [1.165, 1.54) is 6.92 Å². The van der Waals surface area contributed by atoms with Crippen LogP contribution in [-0.2, 0) is 23.9 Å². The molecule has 0 amide bonds. The second-order valence-corrected chi connectivity index (χ2v) is 3.96. The van der Waals surface area contributed by atoms with Crippen molar-refractivity contribution in [3.63, 3.8) is 0 Å². The minimum Gasteiger partial charge on any atom is -0.465 e. The van der Waals surface area contributed by atoms with Crippen molar-refractivity contribution in [3.05, 3.63) is 11.6 Å². The zero-order chi connectivity index (χ0) is 14.8. The van der Waals surface area contributed by atoms with E-state index in [2.05, 4.69) is 0 Å². The van der Waals surface area contributed by atoms with Gasteiger partial charge in [-0.25, -0.2) is 4.79 Å². The molecule has 0 N–H and O–H groups in total. The topological polar surface area (TPSA) is 69.7 Å². The molecule has 1 atom stereocenters. The molecule has 0 fully saturated rings. The first-order valence-corrected chi connectivity index (χ1v) is 6.53. The van der Waals surface area contributed by atoms with Gasteiger partial charge in [0.1, 0.15) is 11.7 Å². The molecule has 0 aliphatic carbocycles. The molecule has 0 aliphatic heterocycles. The summed E-state index contributed by atoms with van der Waals surface area (Å²) in [6, 6.07) is 0. The van der Waals surface area contributed by atoms with Gasteiger partial charge in [0, 0.05) is 0 Å². The number of carbonyl (C=O) groups excluding carboxylic acids is 3. The Balaban J connectivity index is 5.31. The number of esters is 2. The number of allylic oxidation sites excluding steroid dienone is 1. The third kappa shape index (κ3) is 5.68. The average molecular weight is 270 g/mol. The highest BCUT2D eigenvalue weighted by molar-refractivity contribution is 6.08. The molecule has 5 nitrogen and oxygen atoms in total. The summed E-state index contributed by atoms with van der Waals surface area (Å²) in [6.07, 6.45) is 2.98. The van der Waals surface area contributed by atoms with Gasteiger partial charge in [-0.2, -0.15) is 0 Å². The predicted octanol–water partition coefficient (Wildman–Crippen LogP) is 2.04. The van der Waals surface area contributed by atoms with Gasteiger partial charge in [0.25, 0.3) is 0 Å². The maximum absolute atomic E-state index is 11.9. The van der Waals surface area contributed by atoms with Crippen molar-refractivity contribution in [3.8, 4) is 0 Å². The van der Waals surface area contributed by atoms with Crippen LogP contribution >= 0.6 is 0 Å². The predicted molar refractivity (Wildman–Crippen MR) is 70.4 cm³/mol. The van der Waals surface area contributed by atoms with E-state index in [4.69, 9.17) is 9.47 Å². The maximum Gasteiger partial charge on any atom is 0.335 e. The van der Waals surface area contributed by atoms with Gasteiger partial charge in [0.15, 0.2) is 0 Å². The van der Waals surface area contributed by atoms with Crippen LogP contribution in [0.5, 0.6) is 0 Å². The van der Waals surface area contributed by atoms with Crippen molar-refractivity contribution in [2.75, 3.05) is 13.2 Å². The molecule has 0 heterocycles. The standard InChI is InChI=1S/C14H22O5/c1-5-8-9-11(13(16)18-6-2)12(10(4)15)14(17)19-7-3/h9,12H,5-8H2,1-4H3/b11-9+. The first-order chi connectivity index (χ1) is 8.99. The van der Waals surface area contributed by atoms with Crippen molar-refractivity contribution >= 4 is 17.7 Å². The van der Waals surface area contributed by atoms with Gasteiger partial charge >= 0.3 is 11.9 Å². The molecule has 1 unspecified atom stereocenters. The van der Waals surface area contributed by atoms with Gasteiger partial charge in [-0.15, -0.1) is 0 Å². The molecule has 108 valence electrons. The summed E-state index contributed by atoms with van der Waals surface area (Å²) in [5.74, 6) is -2.95. The highest BCUT2D eigenvalue weighted by atomic mass is 16.5. The monoisotopic (exact) mass is 270 g/mol. The molecule has 0 radical (unpaired) electrons. The van der Waals surface area contributed by atoms with Crippen molar-refractivity contribution in [1.82, 2.24) is 0 Å². The van der Waals surface area contributed by atoms with Gasteiger partial charge in [-0.1, -0.05) is 19.4 Å². The zero-order valence-electron chi connectivity index (χ0n) is 12.0. The van der Waals surface area contributed by atoms with E-state index in [0.29, 0.717) is 6.42 Å². The van der Waals surface area contributed by atoms with Gasteiger partial charge in [-0.3, -0.25) is 9.59 Å². The van der Waals surface area contributed by atoms with E-state index < -0.39 is 23.6 Å². The van der Waals surface area contributed by atoms with Crippen LogP contribution in [-0.4, -0.2) is 30.9 Å². The molecule has 0 aliphatic rings. The van der Waals surface area contributed by atoms with Crippen molar-refractivity contribution < 1.29 is 23.9 Å². The number of unbranched alkanes of at least 4 members (excludes halogenated alkanes) is 1. The van der Waals surface area contributed by atoms with E-state index in [9.17, 15) is 14.4 Å². The summed E-state index contributed by atoms with van der Waals surface area (Å²) in [6.45, 7) is 6.87. The molecule has 0 saturated carbocycles. The highest BCUT2D eigenvalue weighted by Gasteiger charge is 2.33. The van der Waals surface area contributed by atoms with Crippen LogP contribution < -0.4 is 0 Å². The summed E-state index contributed by atoms with van der Waals surface area (Å²) in [7, 11) is 0. The Bertz CT molecular complexity index is 357. The molecule has 0 aromatic carbocycles. The Morgan fingerprint density at radius 1 is 1.05 bits per heavy atom. The number of hydrogen-bond donors (Lipinski definition) is 0. The number of Topliss-reactive ketones (excluding diaryl/α,β-unsaturated/α-hetero) is 1. The van der Waals surface area contributed by atoms with Crippen LogP contribution in [0, 0.1) is 5.92 Å². The van der Waals surface area contributed by atoms with Crippen molar-refractivity contribution in [2.45, 2.75) is 40.5 Å². The van der Waals surface area contributed by atoms with Crippen molar-refractivity contribution in [1.29, 1.82) is 0 Å². The lowest BCUT2D eigenvalue weighted by Crippen LogP contribution is -2.30. The number of hydrogen-bond acceptors (Lipinski definition) is 5. The van der Waals surface area contributed by atoms with Crippen LogP contribution in [0.1, 0.15) is 40.5 Å². The quantitative estimate of drug-likeness (QED) is 0.383. The number of rotatable bonds is 8. The molecule has 5 heteroatoms. The lowest BCUT2D eigenvalue weighted by atomic mass is 9.94. The zero-order valence-corrected chi connectivity index (χ0v) is 12.0.